The molecule has 1 aromatic carbocycles. The van der Waals surface area contributed by atoms with Crippen molar-refractivity contribution in [3.05, 3.63) is 47.8 Å². The summed E-state index contributed by atoms with van der Waals surface area (Å²) in [6, 6.07) is 9.75. The van der Waals surface area contributed by atoms with Crippen molar-refractivity contribution in [1.29, 1.82) is 0 Å². The minimum absolute atomic E-state index is 0.118. The van der Waals surface area contributed by atoms with Gasteiger partial charge in [0.15, 0.2) is 0 Å². The lowest BCUT2D eigenvalue weighted by molar-refractivity contribution is 0.332. The second kappa shape index (κ2) is 5.69. The number of nitrogens with zero attached hydrogens (tertiary/aromatic N) is 2. The number of hydrogen-bond donors (Lipinski definition) is 1. The first kappa shape index (κ1) is 12.6. The van der Waals surface area contributed by atoms with E-state index in [0.717, 1.165) is 17.0 Å². The SMILES string of the molecule is CCOc1ccccc1C(N)Cn1ccc(C)n1. The Hall–Kier alpha value is -1.81. The molecule has 96 valence electrons. The van der Waals surface area contributed by atoms with Crippen LogP contribution in [0, 0.1) is 6.92 Å². The highest BCUT2D eigenvalue weighted by Gasteiger charge is 2.12. The number of benzene rings is 1. The lowest BCUT2D eigenvalue weighted by Crippen LogP contribution is -2.19. The molecule has 4 heteroatoms. The van der Waals surface area contributed by atoms with Gasteiger partial charge in [-0.3, -0.25) is 4.68 Å². The maximum Gasteiger partial charge on any atom is 0.124 e. The second-order valence-corrected chi connectivity index (χ2v) is 4.26. The molecule has 1 heterocycles. The third-order valence-corrected chi connectivity index (χ3v) is 2.78. The molecule has 0 saturated carbocycles. The summed E-state index contributed by atoms with van der Waals surface area (Å²) in [5.74, 6) is 0.858. The summed E-state index contributed by atoms with van der Waals surface area (Å²) >= 11 is 0. The lowest BCUT2D eigenvalue weighted by Gasteiger charge is -2.16. The molecule has 1 aromatic heterocycles. The first-order valence-corrected chi connectivity index (χ1v) is 6.18. The van der Waals surface area contributed by atoms with Gasteiger partial charge in [0.05, 0.1) is 24.9 Å². The van der Waals surface area contributed by atoms with E-state index in [1.807, 2.05) is 55.1 Å². The average molecular weight is 245 g/mol. The van der Waals surface area contributed by atoms with Gasteiger partial charge in [-0.2, -0.15) is 5.10 Å². The zero-order valence-corrected chi connectivity index (χ0v) is 10.8. The summed E-state index contributed by atoms with van der Waals surface area (Å²) in [4.78, 5) is 0. The Labute approximate surface area is 107 Å². The van der Waals surface area contributed by atoms with E-state index in [-0.39, 0.29) is 6.04 Å². The minimum Gasteiger partial charge on any atom is -0.494 e. The minimum atomic E-state index is -0.118. The fourth-order valence-electron chi connectivity index (χ4n) is 1.94. The molecule has 2 rings (SSSR count). The zero-order valence-electron chi connectivity index (χ0n) is 10.8. The predicted molar refractivity (Wildman–Crippen MR) is 71.5 cm³/mol. The van der Waals surface area contributed by atoms with Crippen LogP contribution in [0.1, 0.15) is 24.2 Å². The van der Waals surface area contributed by atoms with Crippen molar-refractivity contribution >= 4 is 0 Å². The van der Waals surface area contributed by atoms with Crippen LogP contribution >= 0.6 is 0 Å². The number of nitrogens with two attached hydrogens (primary N) is 1. The summed E-state index contributed by atoms with van der Waals surface area (Å²) in [7, 11) is 0. The smallest absolute Gasteiger partial charge is 0.124 e. The van der Waals surface area contributed by atoms with Gasteiger partial charge in [0.2, 0.25) is 0 Å². The number of para-hydroxylation sites is 1. The van der Waals surface area contributed by atoms with Crippen LogP contribution in [-0.4, -0.2) is 16.4 Å². The molecular weight excluding hydrogens is 226 g/mol. The van der Waals surface area contributed by atoms with Crippen LogP contribution in [-0.2, 0) is 6.54 Å². The third kappa shape index (κ3) is 2.90. The van der Waals surface area contributed by atoms with Crippen LogP contribution < -0.4 is 10.5 Å². The molecule has 0 spiro atoms. The molecule has 1 unspecified atom stereocenters. The number of hydrogen-bond acceptors (Lipinski definition) is 3. The van der Waals surface area contributed by atoms with Crippen molar-refractivity contribution in [2.45, 2.75) is 26.4 Å². The van der Waals surface area contributed by atoms with E-state index in [0.29, 0.717) is 13.2 Å². The Kier molecular flexibility index (Phi) is 3.99. The molecule has 2 N–H and O–H groups in total. The van der Waals surface area contributed by atoms with Crippen LogP contribution in [0.5, 0.6) is 5.75 Å². The Morgan fingerprint density at radius 3 is 2.78 bits per heavy atom. The number of rotatable bonds is 5. The Bertz CT molecular complexity index is 507. The van der Waals surface area contributed by atoms with Gasteiger partial charge in [-0.1, -0.05) is 18.2 Å². The molecule has 1 atom stereocenters. The van der Waals surface area contributed by atoms with Crippen molar-refractivity contribution < 1.29 is 4.74 Å². The van der Waals surface area contributed by atoms with Gasteiger partial charge in [0, 0.05) is 11.8 Å². The van der Waals surface area contributed by atoms with Crippen molar-refractivity contribution in [3.63, 3.8) is 0 Å². The zero-order chi connectivity index (χ0) is 13.0. The second-order valence-electron chi connectivity index (χ2n) is 4.26. The molecule has 4 nitrogen and oxygen atoms in total. The summed E-state index contributed by atoms with van der Waals surface area (Å²) in [5, 5.41) is 4.35. The third-order valence-electron chi connectivity index (χ3n) is 2.78. The normalized spacial score (nSPS) is 12.4. The predicted octanol–water partition coefficient (Wildman–Crippen LogP) is 2.29. The molecule has 0 saturated heterocycles. The Morgan fingerprint density at radius 1 is 1.33 bits per heavy atom. The van der Waals surface area contributed by atoms with E-state index in [2.05, 4.69) is 5.10 Å². The molecular formula is C14H19N3O. The lowest BCUT2D eigenvalue weighted by atomic mass is 10.1. The van der Waals surface area contributed by atoms with Crippen molar-refractivity contribution in [2.75, 3.05) is 6.61 Å². The largest absolute Gasteiger partial charge is 0.494 e. The number of aryl methyl sites for hydroxylation is 1. The van der Waals surface area contributed by atoms with E-state index in [9.17, 15) is 0 Å². The van der Waals surface area contributed by atoms with Gasteiger partial charge in [-0.25, -0.2) is 0 Å². The first-order chi connectivity index (χ1) is 8.70. The van der Waals surface area contributed by atoms with Gasteiger partial charge in [-0.05, 0) is 26.0 Å². The molecule has 0 radical (unpaired) electrons. The van der Waals surface area contributed by atoms with E-state index in [1.165, 1.54) is 0 Å². The maximum atomic E-state index is 6.23. The molecule has 2 aromatic rings. The quantitative estimate of drug-likeness (QED) is 0.879. The highest BCUT2D eigenvalue weighted by molar-refractivity contribution is 5.35. The van der Waals surface area contributed by atoms with Gasteiger partial charge in [0.1, 0.15) is 5.75 Å². The van der Waals surface area contributed by atoms with Crippen LogP contribution in [0.15, 0.2) is 36.5 Å². The molecule has 0 aliphatic heterocycles. The molecule has 0 fully saturated rings. The first-order valence-electron chi connectivity index (χ1n) is 6.18. The summed E-state index contributed by atoms with van der Waals surface area (Å²) < 4.78 is 7.46. The van der Waals surface area contributed by atoms with Gasteiger partial charge in [0.25, 0.3) is 0 Å². The topological polar surface area (TPSA) is 53.1 Å². The van der Waals surface area contributed by atoms with Crippen molar-refractivity contribution in [3.8, 4) is 5.75 Å². The monoisotopic (exact) mass is 245 g/mol. The Balaban J connectivity index is 2.15. The van der Waals surface area contributed by atoms with E-state index < -0.39 is 0 Å². The fraction of sp³-hybridized carbons (Fsp3) is 0.357. The van der Waals surface area contributed by atoms with Gasteiger partial charge >= 0.3 is 0 Å². The summed E-state index contributed by atoms with van der Waals surface area (Å²) in [6.07, 6.45) is 1.94. The van der Waals surface area contributed by atoms with Crippen LogP contribution in [0.25, 0.3) is 0 Å². The number of ether oxygens (including phenoxy) is 1. The van der Waals surface area contributed by atoms with Crippen molar-refractivity contribution in [2.24, 2.45) is 5.73 Å². The Morgan fingerprint density at radius 2 is 2.11 bits per heavy atom. The van der Waals surface area contributed by atoms with E-state index in [1.54, 1.807) is 0 Å². The average Bonchev–Trinajstić information content (AvgIpc) is 2.76. The van der Waals surface area contributed by atoms with Crippen LogP contribution in [0.2, 0.25) is 0 Å². The highest BCUT2D eigenvalue weighted by Crippen LogP contribution is 2.24. The summed E-state index contributed by atoms with van der Waals surface area (Å²) in [5.41, 5.74) is 8.25. The van der Waals surface area contributed by atoms with Gasteiger partial charge in [-0.15, -0.1) is 0 Å². The summed E-state index contributed by atoms with van der Waals surface area (Å²) in [6.45, 7) is 5.23. The van der Waals surface area contributed by atoms with Crippen LogP contribution in [0.3, 0.4) is 0 Å². The van der Waals surface area contributed by atoms with Crippen molar-refractivity contribution in [1.82, 2.24) is 9.78 Å². The van der Waals surface area contributed by atoms with E-state index in [4.69, 9.17) is 10.5 Å². The number of aromatic nitrogens is 2. The molecule has 0 amide bonds. The maximum absolute atomic E-state index is 6.23. The van der Waals surface area contributed by atoms with E-state index >= 15 is 0 Å². The van der Waals surface area contributed by atoms with Gasteiger partial charge < -0.3 is 10.5 Å². The molecule has 0 aliphatic rings. The highest BCUT2D eigenvalue weighted by atomic mass is 16.5. The molecule has 0 bridgehead atoms. The standard InChI is InChI=1S/C14H19N3O/c1-3-18-14-7-5-4-6-12(14)13(15)10-17-9-8-11(2)16-17/h4-9,13H,3,10,15H2,1-2H3. The van der Waals surface area contributed by atoms with Crippen LogP contribution in [0.4, 0.5) is 0 Å². The molecule has 18 heavy (non-hydrogen) atoms. The molecule has 0 aliphatic carbocycles. The fourth-order valence-corrected chi connectivity index (χ4v) is 1.94.